The van der Waals surface area contributed by atoms with Gasteiger partial charge >= 0.3 is 5.97 Å². The molecule has 0 radical (unpaired) electrons. The van der Waals surface area contributed by atoms with E-state index in [-0.39, 0.29) is 6.10 Å². The van der Waals surface area contributed by atoms with Crippen molar-refractivity contribution in [3.05, 3.63) is 28.8 Å². The zero-order valence-electron chi connectivity index (χ0n) is 8.08. The van der Waals surface area contributed by atoms with Crippen LogP contribution in [0.5, 0.6) is 0 Å². The highest BCUT2D eigenvalue weighted by Crippen LogP contribution is 2.20. The summed E-state index contributed by atoms with van der Waals surface area (Å²) in [4.78, 5) is 11.5. The van der Waals surface area contributed by atoms with Gasteiger partial charge in [-0.15, -0.1) is 0 Å². The molecule has 1 aromatic rings. The quantitative estimate of drug-likeness (QED) is 0.607. The van der Waals surface area contributed by atoms with E-state index in [1.807, 2.05) is 0 Å². The third kappa shape index (κ3) is 2.64. The second-order valence-corrected chi connectivity index (χ2v) is 3.60. The number of nitrogen functional groups attached to an aromatic ring is 1. The van der Waals surface area contributed by atoms with Gasteiger partial charge in [0.05, 0.1) is 16.7 Å². The molecule has 0 aliphatic carbocycles. The lowest BCUT2D eigenvalue weighted by atomic mass is 10.2. The molecule has 0 aliphatic rings. The van der Waals surface area contributed by atoms with Crippen LogP contribution in [0.4, 0.5) is 5.69 Å². The van der Waals surface area contributed by atoms with Crippen molar-refractivity contribution in [3.63, 3.8) is 0 Å². The number of carbonyl (C=O) groups is 1. The summed E-state index contributed by atoms with van der Waals surface area (Å²) in [5.41, 5.74) is 6.33. The molecule has 0 saturated heterocycles. The topological polar surface area (TPSA) is 52.3 Å². The van der Waals surface area contributed by atoms with Crippen LogP contribution in [0, 0.1) is 0 Å². The Morgan fingerprint density at radius 1 is 1.50 bits per heavy atom. The molecule has 0 fully saturated rings. The van der Waals surface area contributed by atoms with E-state index in [1.165, 1.54) is 6.07 Å². The molecule has 0 aliphatic heterocycles. The van der Waals surface area contributed by atoms with Crippen molar-refractivity contribution >= 4 is 23.3 Å². The summed E-state index contributed by atoms with van der Waals surface area (Å²) in [6, 6.07) is 4.72. The highest BCUT2D eigenvalue weighted by molar-refractivity contribution is 6.33. The SMILES string of the molecule is CC(C)OC(=O)c1cc(N)ccc1Cl. The predicted octanol–water partition coefficient (Wildman–Crippen LogP) is 2.49. The molecule has 2 N–H and O–H groups in total. The van der Waals surface area contributed by atoms with Crippen molar-refractivity contribution in [2.45, 2.75) is 20.0 Å². The van der Waals surface area contributed by atoms with Crippen molar-refractivity contribution in [1.82, 2.24) is 0 Å². The van der Waals surface area contributed by atoms with Gasteiger partial charge in [-0.25, -0.2) is 4.79 Å². The Morgan fingerprint density at radius 2 is 2.14 bits per heavy atom. The second kappa shape index (κ2) is 4.33. The minimum absolute atomic E-state index is 0.167. The predicted molar refractivity (Wildman–Crippen MR) is 56.4 cm³/mol. The Kier molecular flexibility index (Phi) is 3.36. The van der Waals surface area contributed by atoms with E-state index >= 15 is 0 Å². The molecule has 76 valence electrons. The zero-order valence-corrected chi connectivity index (χ0v) is 8.84. The summed E-state index contributed by atoms with van der Waals surface area (Å²) in [6.07, 6.45) is -0.167. The van der Waals surface area contributed by atoms with Crippen LogP contribution in [0.1, 0.15) is 24.2 Å². The van der Waals surface area contributed by atoms with Crippen LogP contribution in [0.15, 0.2) is 18.2 Å². The van der Waals surface area contributed by atoms with Crippen molar-refractivity contribution in [1.29, 1.82) is 0 Å². The average Bonchev–Trinajstić information content (AvgIpc) is 2.08. The lowest BCUT2D eigenvalue weighted by molar-refractivity contribution is 0.0378. The van der Waals surface area contributed by atoms with E-state index in [4.69, 9.17) is 22.1 Å². The molecule has 0 aromatic heterocycles. The highest BCUT2D eigenvalue weighted by Gasteiger charge is 2.13. The van der Waals surface area contributed by atoms with Crippen LogP contribution in [0.3, 0.4) is 0 Å². The van der Waals surface area contributed by atoms with Crippen LogP contribution < -0.4 is 5.73 Å². The molecule has 1 rings (SSSR count). The monoisotopic (exact) mass is 213 g/mol. The smallest absolute Gasteiger partial charge is 0.339 e. The van der Waals surface area contributed by atoms with Gasteiger partial charge in [-0.3, -0.25) is 0 Å². The molecule has 4 heteroatoms. The van der Waals surface area contributed by atoms with Crippen LogP contribution in [-0.2, 0) is 4.74 Å². The summed E-state index contributed by atoms with van der Waals surface area (Å²) in [6.45, 7) is 3.55. The molecule has 0 heterocycles. The lowest BCUT2D eigenvalue weighted by Gasteiger charge is -2.09. The standard InChI is InChI=1S/C10H12ClNO2/c1-6(2)14-10(13)8-5-7(12)3-4-9(8)11/h3-6H,12H2,1-2H3. The third-order valence-corrected chi connectivity index (χ3v) is 1.88. The molecule has 14 heavy (non-hydrogen) atoms. The summed E-state index contributed by atoms with van der Waals surface area (Å²) in [5.74, 6) is -0.447. The number of esters is 1. The van der Waals surface area contributed by atoms with Gasteiger partial charge in [0, 0.05) is 5.69 Å². The van der Waals surface area contributed by atoms with Gasteiger partial charge in [0.2, 0.25) is 0 Å². The number of hydrogen-bond acceptors (Lipinski definition) is 3. The van der Waals surface area contributed by atoms with Gasteiger partial charge in [-0.05, 0) is 32.0 Å². The van der Waals surface area contributed by atoms with E-state index in [0.717, 1.165) is 0 Å². The third-order valence-electron chi connectivity index (χ3n) is 1.55. The van der Waals surface area contributed by atoms with Gasteiger partial charge < -0.3 is 10.5 Å². The Labute approximate surface area is 87.8 Å². The Hall–Kier alpha value is -1.22. The number of carbonyl (C=O) groups excluding carboxylic acids is 1. The van der Waals surface area contributed by atoms with Crippen molar-refractivity contribution in [2.75, 3.05) is 5.73 Å². The molecule has 0 spiro atoms. The van der Waals surface area contributed by atoms with Crippen molar-refractivity contribution < 1.29 is 9.53 Å². The maximum atomic E-state index is 11.5. The molecule has 0 saturated carbocycles. The number of anilines is 1. The lowest BCUT2D eigenvalue weighted by Crippen LogP contribution is -2.12. The molecule has 0 atom stereocenters. The first kappa shape index (κ1) is 10.9. The highest BCUT2D eigenvalue weighted by atomic mass is 35.5. The second-order valence-electron chi connectivity index (χ2n) is 3.19. The van der Waals surface area contributed by atoms with Crippen LogP contribution in [-0.4, -0.2) is 12.1 Å². The number of ether oxygens (including phenoxy) is 1. The van der Waals surface area contributed by atoms with E-state index in [1.54, 1.807) is 26.0 Å². The van der Waals surface area contributed by atoms with Crippen LogP contribution in [0.25, 0.3) is 0 Å². The summed E-state index contributed by atoms with van der Waals surface area (Å²) in [5, 5.41) is 0.352. The van der Waals surface area contributed by atoms with Crippen LogP contribution >= 0.6 is 11.6 Å². The molecule has 0 unspecified atom stereocenters. The first-order valence-corrected chi connectivity index (χ1v) is 4.64. The molecule has 3 nitrogen and oxygen atoms in total. The van der Waals surface area contributed by atoms with E-state index in [2.05, 4.69) is 0 Å². The van der Waals surface area contributed by atoms with Crippen molar-refractivity contribution in [2.24, 2.45) is 0 Å². The van der Waals surface area contributed by atoms with Gasteiger partial charge in [0.25, 0.3) is 0 Å². The number of rotatable bonds is 2. The molecular weight excluding hydrogens is 202 g/mol. The molecule has 0 amide bonds. The van der Waals surface area contributed by atoms with Gasteiger partial charge in [0.1, 0.15) is 0 Å². The first-order valence-electron chi connectivity index (χ1n) is 4.26. The maximum Gasteiger partial charge on any atom is 0.339 e. The minimum Gasteiger partial charge on any atom is -0.459 e. The first-order chi connectivity index (χ1) is 6.50. The van der Waals surface area contributed by atoms with Gasteiger partial charge in [-0.1, -0.05) is 11.6 Å². The maximum absolute atomic E-state index is 11.5. The fourth-order valence-electron chi connectivity index (χ4n) is 0.977. The normalized spacial score (nSPS) is 10.3. The molecule has 0 bridgehead atoms. The largest absolute Gasteiger partial charge is 0.459 e. The zero-order chi connectivity index (χ0) is 10.7. The van der Waals surface area contributed by atoms with Gasteiger partial charge in [0.15, 0.2) is 0 Å². The Bertz CT molecular complexity index is 350. The number of hydrogen-bond donors (Lipinski definition) is 1. The average molecular weight is 214 g/mol. The Balaban J connectivity index is 2.94. The summed E-state index contributed by atoms with van der Waals surface area (Å²) >= 11 is 5.82. The van der Waals surface area contributed by atoms with Gasteiger partial charge in [-0.2, -0.15) is 0 Å². The summed E-state index contributed by atoms with van der Waals surface area (Å²) < 4.78 is 4.99. The number of halogens is 1. The van der Waals surface area contributed by atoms with Crippen molar-refractivity contribution in [3.8, 4) is 0 Å². The molecule has 1 aromatic carbocycles. The van der Waals surface area contributed by atoms with E-state index in [9.17, 15) is 4.79 Å². The summed E-state index contributed by atoms with van der Waals surface area (Å²) in [7, 11) is 0. The number of nitrogens with two attached hydrogens (primary N) is 1. The fraction of sp³-hybridized carbons (Fsp3) is 0.300. The minimum atomic E-state index is -0.447. The fourth-order valence-corrected chi connectivity index (χ4v) is 1.17. The Morgan fingerprint density at radius 3 is 2.71 bits per heavy atom. The van der Waals surface area contributed by atoms with Crippen LogP contribution in [0.2, 0.25) is 5.02 Å². The van der Waals surface area contributed by atoms with E-state index < -0.39 is 5.97 Å². The molecular formula is C10H12ClNO2. The number of benzene rings is 1. The van der Waals surface area contributed by atoms with E-state index in [0.29, 0.717) is 16.3 Å².